The number of rotatable bonds is 4. The number of alkyl halides is 3. The summed E-state index contributed by atoms with van der Waals surface area (Å²) in [4.78, 5) is 10.9. The first kappa shape index (κ1) is 14.9. The van der Waals surface area contributed by atoms with Crippen molar-refractivity contribution in [3.05, 3.63) is 22.1 Å². The molecular weight excluding hydrogens is 243 g/mol. The number of nitrogens with two attached hydrogens (primary N) is 1. The Kier molecular flexibility index (Phi) is 5.43. The molecule has 0 rings (SSSR count). The lowest BCUT2D eigenvalue weighted by atomic mass is 10.4. The summed E-state index contributed by atoms with van der Waals surface area (Å²) in [6.07, 6.45) is -4.76. The van der Waals surface area contributed by atoms with Gasteiger partial charge in [-0.3, -0.25) is 0 Å². The number of hydrogen-bond donors (Lipinski definition) is 1. The van der Waals surface area contributed by atoms with Crippen LogP contribution in [0.5, 0.6) is 0 Å². The first-order chi connectivity index (χ1) is 7.20. The van der Waals surface area contributed by atoms with Crippen molar-refractivity contribution in [1.82, 2.24) is 0 Å². The summed E-state index contributed by atoms with van der Waals surface area (Å²) in [5.74, 6) is -1.09. The molecule has 0 radical (unpaired) electrons. The molecule has 0 bridgehead atoms. The lowest BCUT2D eigenvalue weighted by Gasteiger charge is -2.12. The summed E-state index contributed by atoms with van der Waals surface area (Å²) < 4.78 is 41.4. The third-order valence-corrected chi connectivity index (χ3v) is 2.23. The lowest BCUT2D eigenvalue weighted by molar-refractivity contribution is -0.138. The van der Waals surface area contributed by atoms with E-state index in [1.165, 1.54) is 13.8 Å². The molecule has 0 heterocycles. The summed E-state index contributed by atoms with van der Waals surface area (Å²) in [5.41, 5.74) is 3.41. The highest BCUT2D eigenvalue weighted by Crippen LogP contribution is 2.33. The topological polar surface area (TPSA) is 52.3 Å². The molecule has 0 atom stereocenters. The summed E-state index contributed by atoms with van der Waals surface area (Å²) in [6.45, 7) is 6.33. The number of esters is 1. The Labute approximate surface area is 95.5 Å². The average molecular weight is 255 g/mol. The SMILES string of the molecule is C=C(C)S/C(C(=O)OCC)=C(\N)C(F)(F)F. The first-order valence-corrected chi connectivity index (χ1v) is 5.09. The number of thioether (sulfide) groups is 1. The number of ether oxygens (including phenoxy) is 1. The Hall–Kier alpha value is -1.11. The fourth-order valence-corrected chi connectivity index (χ4v) is 1.42. The molecule has 0 saturated heterocycles. The maximum Gasteiger partial charge on any atom is 0.432 e. The Bertz CT molecular complexity index is 323. The highest BCUT2D eigenvalue weighted by Gasteiger charge is 2.37. The zero-order valence-corrected chi connectivity index (χ0v) is 9.67. The average Bonchev–Trinajstić information content (AvgIpc) is 2.11. The molecule has 0 aliphatic rings. The van der Waals surface area contributed by atoms with Crippen LogP contribution in [-0.4, -0.2) is 18.8 Å². The van der Waals surface area contributed by atoms with Crippen molar-refractivity contribution in [2.24, 2.45) is 5.73 Å². The Balaban J connectivity index is 5.22. The van der Waals surface area contributed by atoms with Crippen LogP contribution >= 0.6 is 11.8 Å². The summed E-state index contributed by atoms with van der Waals surface area (Å²) in [5, 5.41) is 0. The second-order valence-electron chi connectivity index (χ2n) is 2.77. The molecule has 0 unspecified atom stereocenters. The molecule has 0 amide bonds. The van der Waals surface area contributed by atoms with Crippen LogP contribution in [0.25, 0.3) is 0 Å². The smallest absolute Gasteiger partial charge is 0.432 e. The van der Waals surface area contributed by atoms with Gasteiger partial charge >= 0.3 is 12.1 Å². The highest BCUT2D eigenvalue weighted by molar-refractivity contribution is 8.07. The van der Waals surface area contributed by atoms with Crippen molar-refractivity contribution in [3.8, 4) is 0 Å². The quantitative estimate of drug-likeness (QED) is 0.619. The van der Waals surface area contributed by atoms with Crippen molar-refractivity contribution in [2.75, 3.05) is 6.61 Å². The van der Waals surface area contributed by atoms with Gasteiger partial charge in [-0.15, -0.1) is 0 Å². The largest absolute Gasteiger partial charge is 0.462 e. The summed E-state index contributed by atoms with van der Waals surface area (Å²) in [7, 11) is 0. The van der Waals surface area contributed by atoms with Gasteiger partial charge in [0, 0.05) is 0 Å². The Morgan fingerprint density at radius 1 is 1.50 bits per heavy atom. The number of allylic oxidation sites excluding steroid dienone is 2. The van der Waals surface area contributed by atoms with E-state index in [0.29, 0.717) is 16.7 Å². The van der Waals surface area contributed by atoms with Gasteiger partial charge in [0.05, 0.1) is 6.61 Å². The molecule has 0 aromatic rings. The normalized spacial score (nSPS) is 13.1. The van der Waals surface area contributed by atoms with Crippen LogP contribution in [0.4, 0.5) is 13.2 Å². The minimum atomic E-state index is -4.76. The van der Waals surface area contributed by atoms with Crippen LogP contribution in [0.1, 0.15) is 13.8 Å². The highest BCUT2D eigenvalue weighted by atomic mass is 32.2. The van der Waals surface area contributed by atoms with Crippen LogP contribution in [0, 0.1) is 0 Å². The Morgan fingerprint density at radius 2 is 2.00 bits per heavy atom. The van der Waals surface area contributed by atoms with E-state index in [1.54, 1.807) is 0 Å². The van der Waals surface area contributed by atoms with E-state index in [1.807, 2.05) is 0 Å². The molecule has 2 N–H and O–H groups in total. The van der Waals surface area contributed by atoms with Crippen LogP contribution in [0.15, 0.2) is 22.1 Å². The van der Waals surface area contributed by atoms with Crippen molar-refractivity contribution >= 4 is 17.7 Å². The summed E-state index contributed by atoms with van der Waals surface area (Å²) in [6, 6.07) is 0. The number of carbonyl (C=O) groups is 1. The minimum absolute atomic E-state index is 0.0236. The maximum absolute atomic E-state index is 12.3. The van der Waals surface area contributed by atoms with Gasteiger partial charge in [-0.25, -0.2) is 4.79 Å². The minimum Gasteiger partial charge on any atom is -0.462 e. The standard InChI is InChI=1S/C9H12F3NO2S/c1-4-15-8(14)6(16-5(2)3)7(13)9(10,11)12/h2,4,13H2,1,3H3/b7-6-. The predicted octanol–water partition coefficient (Wildman–Crippen LogP) is 2.55. The number of halogens is 3. The molecule has 0 spiro atoms. The van der Waals surface area contributed by atoms with Crippen LogP contribution in [-0.2, 0) is 9.53 Å². The third kappa shape index (κ3) is 4.61. The van der Waals surface area contributed by atoms with Crippen molar-refractivity contribution in [2.45, 2.75) is 20.0 Å². The van der Waals surface area contributed by atoms with Crippen LogP contribution in [0.2, 0.25) is 0 Å². The summed E-state index contributed by atoms with van der Waals surface area (Å²) >= 11 is 0.548. The van der Waals surface area contributed by atoms with Crippen LogP contribution in [0.3, 0.4) is 0 Å². The van der Waals surface area contributed by atoms with Crippen molar-refractivity contribution < 1.29 is 22.7 Å². The zero-order chi connectivity index (χ0) is 12.9. The molecule has 92 valence electrons. The zero-order valence-electron chi connectivity index (χ0n) is 8.85. The van der Waals surface area contributed by atoms with E-state index in [9.17, 15) is 18.0 Å². The third-order valence-electron chi connectivity index (χ3n) is 1.29. The van der Waals surface area contributed by atoms with Gasteiger partial charge in [-0.05, 0) is 18.8 Å². The van der Waals surface area contributed by atoms with Gasteiger partial charge in [0.2, 0.25) is 0 Å². The van der Waals surface area contributed by atoms with Gasteiger partial charge in [0.25, 0.3) is 0 Å². The molecule has 7 heteroatoms. The van der Waals surface area contributed by atoms with Gasteiger partial charge in [0.1, 0.15) is 10.6 Å². The van der Waals surface area contributed by atoms with Gasteiger partial charge in [0.15, 0.2) is 0 Å². The molecular formula is C9H12F3NO2S. The maximum atomic E-state index is 12.3. The lowest BCUT2D eigenvalue weighted by Crippen LogP contribution is -2.24. The molecule has 0 aromatic heterocycles. The van der Waals surface area contributed by atoms with Crippen molar-refractivity contribution in [3.63, 3.8) is 0 Å². The monoisotopic (exact) mass is 255 g/mol. The van der Waals surface area contributed by atoms with Gasteiger partial charge in [-0.2, -0.15) is 13.2 Å². The molecule has 0 aliphatic heterocycles. The second kappa shape index (κ2) is 5.83. The first-order valence-electron chi connectivity index (χ1n) is 4.27. The van der Waals surface area contributed by atoms with E-state index in [2.05, 4.69) is 11.3 Å². The fourth-order valence-electron chi connectivity index (χ4n) is 0.706. The van der Waals surface area contributed by atoms with E-state index < -0.39 is 22.7 Å². The molecule has 0 aliphatic carbocycles. The second-order valence-corrected chi connectivity index (χ2v) is 4.07. The van der Waals surface area contributed by atoms with E-state index >= 15 is 0 Å². The van der Waals surface area contributed by atoms with Gasteiger partial charge in [-0.1, -0.05) is 18.3 Å². The van der Waals surface area contributed by atoms with E-state index in [4.69, 9.17) is 5.73 Å². The molecule has 16 heavy (non-hydrogen) atoms. The molecule has 0 aromatic carbocycles. The predicted molar refractivity (Wildman–Crippen MR) is 56.3 cm³/mol. The molecule has 0 fully saturated rings. The van der Waals surface area contributed by atoms with E-state index in [0.717, 1.165) is 0 Å². The number of carbonyl (C=O) groups excluding carboxylic acids is 1. The van der Waals surface area contributed by atoms with Gasteiger partial charge < -0.3 is 10.5 Å². The fraction of sp³-hybridized carbons (Fsp3) is 0.444. The molecule has 0 saturated carbocycles. The van der Waals surface area contributed by atoms with E-state index in [-0.39, 0.29) is 6.61 Å². The Morgan fingerprint density at radius 3 is 2.31 bits per heavy atom. The van der Waals surface area contributed by atoms with Crippen LogP contribution < -0.4 is 5.73 Å². The molecule has 3 nitrogen and oxygen atoms in total. The number of hydrogen-bond acceptors (Lipinski definition) is 4. The van der Waals surface area contributed by atoms with Crippen molar-refractivity contribution in [1.29, 1.82) is 0 Å².